The molecule has 2 nitrogen and oxygen atoms in total. The molecule has 2 fully saturated rings. The molecule has 0 spiro atoms. The standard InChI is InChI=1S/C21H23FO2/c1-20-10-8-18-16(17(20)5-6-19(20)24)4-3-14-13-15(23)7-11-21(14,18)9-2-12-22/h3-4,13,16-18H,5-11H2,1H3/t16-,17-,18-,20-,21-/m0/s1. The highest BCUT2D eigenvalue weighted by molar-refractivity contribution is 5.92. The van der Waals surface area contributed by atoms with Crippen LogP contribution in [0.3, 0.4) is 0 Å². The normalized spacial score (nSPS) is 43.2. The van der Waals surface area contributed by atoms with Gasteiger partial charge in [0.15, 0.2) is 5.78 Å². The number of Topliss-reactive ketones (excluding diaryl/α,β-unsaturated/α-hetero) is 1. The van der Waals surface area contributed by atoms with Gasteiger partial charge in [0.1, 0.15) is 12.0 Å². The van der Waals surface area contributed by atoms with E-state index in [9.17, 15) is 14.0 Å². The van der Waals surface area contributed by atoms with E-state index in [-0.39, 0.29) is 16.6 Å². The van der Waals surface area contributed by atoms with Gasteiger partial charge in [-0.3, -0.25) is 9.59 Å². The molecule has 3 heteroatoms. The summed E-state index contributed by atoms with van der Waals surface area (Å²) in [6.45, 7) is 2.14. The number of ketones is 2. The highest BCUT2D eigenvalue weighted by atomic mass is 19.1. The molecule has 2 saturated carbocycles. The Hall–Kier alpha value is -1.69. The minimum Gasteiger partial charge on any atom is -0.299 e. The van der Waals surface area contributed by atoms with Crippen LogP contribution in [0.15, 0.2) is 23.8 Å². The fraction of sp³-hybridized carbons (Fsp3) is 0.619. The molecule has 0 heterocycles. The van der Waals surface area contributed by atoms with Crippen LogP contribution in [-0.4, -0.2) is 11.6 Å². The molecule has 0 saturated heterocycles. The maximum absolute atomic E-state index is 12.6. The zero-order valence-corrected chi connectivity index (χ0v) is 14.1. The van der Waals surface area contributed by atoms with Gasteiger partial charge in [-0.15, -0.1) is 4.39 Å². The molecule has 0 radical (unpaired) electrons. The zero-order valence-electron chi connectivity index (χ0n) is 14.1. The Morgan fingerprint density at radius 2 is 2.04 bits per heavy atom. The second-order valence-corrected chi connectivity index (χ2v) is 8.24. The van der Waals surface area contributed by atoms with Crippen LogP contribution in [0.4, 0.5) is 4.39 Å². The summed E-state index contributed by atoms with van der Waals surface area (Å²) < 4.78 is 12.6. The second-order valence-electron chi connectivity index (χ2n) is 8.24. The molecule has 4 aliphatic carbocycles. The predicted molar refractivity (Wildman–Crippen MR) is 89.5 cm³/mol. The topological polar surface area (TPSA) is 34.1 Å². The molecule has 4 aliphatic rings. The number of carbonyl (C=O) groups is 2. The Balaban J connectivity index is 1.79. The van der Waals surface area contributed by atoms with Crippen molar-refractivity contribution in [2.45, 2.75) is 51.9 Å². The molecule has 0 aromatic rings. The Kier molecular flexibility index (Phi) is 3.56. The first-order valence-corrected chi connectivity index (χ1v) is 9.06. The van der Waals surface area contributed by atoms with Crippen molar-refractivity contribution >= 4 is 11.6 Å². The molecule has 0 aromatic heterocycles. The zero-order chi connectivity index (χ0) is 16.9. The number of rotatable bonds is 1. The third-order valence-electron chi connectivity index (χ3n) is 7.43. The number of fused-ring (bicyclic) bond motifs is 5. The van der Waals surface area contributed by atoms with Crippen molar-refractivity contribution in [3.05, 3.63) is 23.8 Å². The first-order valence-electron chi connectivity index (χ1n) is 9.06. The van der Waals surface area contributed by atoms with E-state index in [4.69, 9.17) is 0 Å². The van der Waals surface area contributed by atoms with E-state index in [2.05, 4.69) is 25.0 Å². The average Bonchev–Trinajstić information content (AvgIpc) is 2.88. The molecule has 126 valence electrons. The SMILES string of the molecule is C[C@]12CC[C@H]3[C@@H](C=CC4=CC(=O)CC[C@@]43CC#CF)[C@@H]1CCC2=O. The summed E-state index contributed by atoms with van der Waals surface area (Å²) in [4.78, 5) is 24.3. The third-order valence-corrected chi connectivity index (χ3v) is 7.43. The molecular formula is C21H23FO2. The van der Waals surface area contributed by atoms with Gasteiger partial charge in [0.05, 0.1) is 0 Å². The van der Waals surface area contributed by atoms with Gasteiger partial charge in [0.2, 0.25) is 0 Å². The van der Waals surface area contributed by atoms with E-state index in [0.717, 1.165) is 31.3 Å². The fourth-order valence-corrected chi connectivity index (χ4v) is 6.10. The summed E-state index contributed by atoms with van der Waals surface area (Å²) in [6, 6.07) is 0. The molecule has 0 N–H and O–H groups in total. The van der Waals surface area contributed by atoms with Gasteiger partial charge in [0, 0.05) is 30.1 Å². The van der Waals surface area contributed by atoms with E-state index in [0.29, 0.717) is 42.8 Å². The van der Waals surface area contributed by atoms with Crippen molar-refractivity contribution in [2.75, 3.05) is 0 Å². The Bertz CT molecular complexity index is 722. The molecule has 0 amide bonds. The van der Waals surface area contributed by atoms with Gasteiger partial charge < -0.3 is 0 Å². The lowest BCUT2D eigenvalue weighted by molar-refractivity contribution is -0.130. The Morgan fingerprint density at radius 3 is 2.83 bits per heavy atom. The lowest BCUT2D eigenvalue weighted by Crippen LogP contribution is -2.50. The molecule has 0 bridgehead atoms. The van der Waals surface area contributed by atoms with E-state index >= 15 is 0 Å². The number of allylic oxidation sites excluding steroid dienone is 4. The van der Waals surface area contributed by atoms with Crippen LogP contribution in [0.1, 0.15) is 51.9 Å². The molecular weight excluding hydrogens is 303 g/mol. The minimum atomic E-state index is -0.209. The van der Waals surface area contributed by atoms with Crippen molar-refractivity contribution < 1.29 is 14.0 Å². The first-order chi connectivity index (χ1) is 11.5. The van der Waals surface area contributed by atoms with Gasteiger partial charge in [0.25, 0.3) is 0 Å². The Labute approximate surface area is 142 Å². The predicted octanol–water partition coefficient (Wildman–Crippen LogP) is 4.16. The summed E-state index contributed by atoms with van der Waals surface area (Å²) in [7, 11) is 0. The number of carbonyl (C=O) groups excluding carboxylic acids is 2. The van der Waals surface area contributed by atoms with Gasteiger partial charge in [-0.1, -0.05) is 25.0 Å². The molecule has 5 atom stereocenters. The number of hydrogen-bond donors (Lipinski definition) is 0. The van der Waals surface area contributed by atoms with Crippen LogP contribution < -0.4 is 0 Å². The molecule has 0 aromatic carbocycles. The second kappa shape index (κ2) is 5.41. The van der Waals surface area contributed by atoms with Crippen molar-refractivity contribution in [3.8, 4) is 12.1 Å². The quantitative estimate of drug-likeness (QED) is 0.678. The maximum Gasteiger partial charge on any atom is 0.156 e. The summed E-state index contributed by atoms with van der Waals surface area (Å²) in [6.07, 6.45) is 12.9. The van der Waals surface area contributed by atoms with Crippen LogP contribution in [0.2, 0.25) is 0 Å². The molecule has 0 unspecified atom stereocenters. The van der Waals surface area contributed by atoms with Crippen LogP contribution in [0.25, 0.3) is 0 Å². The van der Waals surface area contributed by atoms with Gasteiger partial charge in [-0.05, 0) is 55.1 Å². The summed E-state index contributed by atoms with van der Waals surface area (Å²) in [5, 5.41) is 0. The van der Waals surface area contributed by atoms with Crippen LogP contribution >= 0.6 is 0 Å². The highest BCUT2D eigenvalue weighted by Gasteiger charge is 2.58. The molecule has 24 heavy (non-hydrogen) atoms. The number of hydrogen-bond acceptors (Lipinski definition) is 2. The first kappa shape index (κ1) is 15.8. The summed E-state index contributed by atoms with van der Waals surface area (Å²) in [5.74, 6) is 4.34. The van der Waals surface area contributed by atoms with Crippen molar-refractivity contribution in [1.82, 2.24) is 0 Å². The van der Waals surface area contributed by atoms with Crippen LogP contribution in [0.5, 0.6) is 0 Å². The minimum absolute atomic E-state index is 0.161. The van der Waals surface area contributed by atoms with Crippen molar-refractivity contribution in [3.63, 3.8) is 0 Å². The Morgan fingerprint density at radius 1 is 1.21 bits per heavy atom. The number of halogens is 1. The summed E-state index contributed by atoms with van der Waals surface area (Å²) in [5.41, 5.74) is 0.638. The third kappa shape index (κ3) is 2.01. The van der Waals surface area contributed by atoms with E-state index in [1.54, 1.807) is 12.3 Å². The maximum atomic E-state index is 12.6. The lowest BCUT2D eigenvalue weighted by atomic mass is 9.48. The van der Waals surface area contributed by atoms with Gasteiger partial charge in [-0.25, -0.2) is 0 Å². The molecule has 4 rings (SSSR count). The van der Waals surface area contributed by atoms with E-state index in [1.165, 1.54) is 0 Å². The lowest BCUT2D eigenvalue weighted by Gasteiger charge is -2.55. The monoisotopic (exact) mass is 326 g/mol. The highest BCUT2D eigenvalue weighted by Crippen LogP contribution is 2.63. The van der Waals surface area contributed by atoms with Gasteiger partial charge >= 0.3 is 0 Å². The van der Waals surface area contributed by atoms with Crippen molar-refractivity contribution in [1.29, 1.82) is 0 Å². The van der Waals surface area contributed by atoms with E-state index in [1.807, 2.05) is 0 Å². The summed E-state index contributed by atoms with van der Waals surface area (Å²) >= 11 is 0. The van der Waals surface area contributed by atoms with Crippen molar-refractivity contribution in [2.24, 2.45) is 28.6 Å². The smallest absolute Gasteiger partial charge is 0.156 e. The molecule has 0 aliphatic heterocycles. The fourth-order valence-electron chi connectivity index (χ4n) is 6.10. The average molecular weight is 326 g/mol. The van der Waals surface area contributed by atoms with Crippen LogP contribution in [-0.2, 0) is 9.59 Å². The van der Waals surface area contributed by atoms with Crippen LogP contribution in [0, 0.1) is 40.7 Å². The largest absolute Gasteiger partial charge is 0.299 e. The van der Waals surface area contributed by atoms with Gasteiger partial charge in [-0.2, -0.15) is 0 Å². The van der Waals surface area contributed by atoms with E-state index < -0.39 is 0 Å².